The van der Waals surface area contributed by atoms with Gasteiger partial charge in [-0.1, -0.05) is 39.0 Å². The summed E-state index contributed by atoms with van der Waals surface area (Å²) in [5, 5.41) is 0. The predicted octanol–water partition coefficient (Wildman–Crippen LogP) is 3.62. The van der Waals surface area contributed by atoms with Crippen LogP contribution in [0.5, 0.6) is 0 Å². The first-order valence-corrected chi connectivity index (χ1v) is 7.52. The second-order valence-corrected chi connectivity index (χ2v) is 4.65. The van der Waals surface area contributed by atoms with Gasteiger partial charge >= 0.3 is 11.9 Å². The first kappa shape index (κ1) is 17.9. The van der Waals surface area contributed by atoms with Crippen molar-refractivity contribution in [2.24, 2.45) is 0 Å². The summed E-state index contributed by atoms with van der Waals surface area (Å²) in [5.74, 6) is -0.381. The molecule has 0 radical (unpaired) electrons. The van der Waals surface area contributed by atoms with Crippen molar-refractivity contribution < 1.29 is 19.1 Å². The fourth-order valence-electron chi connectivity index (χ4n) is 1.76. The SMILES string of the molecule is CCCCCCCCC(=O)OCCCC(=O)OCC. The summed E-state index contributed by atoms with van der Waals surface area (Å²) < 4.78 is 9.83. The third-order valence-electron chi connectivity index (χ3n) is 2.83. The summed E-state index contributed by atoms with van der Waals surface area (Å²) in [4.78, 5) is 22.4. The Bertz CT molecular complexity index is 238. The molecule has 0 saturated carbocycles. The zero-order valence-corrected chi connectivity index (χ0v) is 12.4. The van der Waals surface area contributed by atoms with E-state index in [1.54, 1.807) is 6.92 Å². The van der Waals surface area contributed by atoms with Gasteiger partial charge in [0.15, 0.2) is 0 Å². The Morgan fingerprint density at radius 1 is 0.737 bits per heavy atom. The minimum Gasteiger partial charge on any atom is -0.466 e. The van der Waals surface area contributed by atoms with Crippen molar-refractivity contribution in [2.45, 2.75) is 71.6 Å². The highest BCUT2D eigenvalue weighted by molar-refractivity contribution is 5.70. The third kappa shape index (κ3) is 13.2. The summed E-state index contributed by atoms with van der Waals surface area (Å²) in [6, 6.07) is 0. The minimum absolute atomic E-state index is 0.153. The first-order chi connectivity index (χ1) is 9.20. The lowest BCUT2D eigenvalue weighted by Crippen LogP contribution is -2.09. The molecule has 0 aliphatic carbocycles. The van der Waals surface area contributed by atoms with Crippen LogP contribution in [0, 0.1) is 0 Å². The molecule has 0 N–H and O–H groups in total. The number of hydrogen-bond acceptors (Lipinski definition) is 4. The zero-order chi connectivity index (χ0) is 14.3. The summed E-state index contributed by atoms with van der Waals surface area (Å²) in [5.41, 5.74) is 0. The molecule has 0 atom stereocenters. The van der Waals surface area contributed by atoms with Gasteiger partial charge in [0.25, 0.3) is 0 Å². The zero-order valence-electron chi connectivity index (χ0n) is 12.4. The number of esters is 2. The summed E-state index contributed by atoms with van der Waals surface area (Å²) >= 11 is 0. The maximum absolute atomic E-state index is 11.4. The van der Waals surface area contributed by atoms with E-state index in [0.29, 0.717) is 32.5 Å². The number of unbranched alkanes of at least 4 members (excludes halogenated alkanes) is 5. The molecule has 0 aliphatic rings. The van der Waals surface area contributed by atoms with E-state index >= 15 is 0 Å². The molecule has 0 heterocycles. The Kier molecular flexibility index (Phi) is 12.6. The summed E-state index contributed by atoms with van der Waals surface area (Å²) in [6.45, 7) is 4.68. The molecular formula is C15H28O4. The normalized spacial score (nSPS) is 10.2. The first-order valence-electron chi connectivity index (χ1n) is 7.52. The Hall–Kier alpha value is -1.06. The van der Waals surface area contributed by atoms with Gasteiger partial charge < -0.3 is 9.47 Å². The number of rotatable bonds is 12. The van der Waals surface area contributed by atoms with Crippen molar-refractivity contribution in [1.29, 1.82) is 0 Å². The topological polar surface area (TPSA) is 52.6 Å². The molecule has 0 aliphatic heterocycles. The molecule has 0 aromatic rings. The Balaban J connectivity index is 3.28. The quantitative estimate of drug-likeness (QED) is 0.402. The third-order valence-corrected chi connectivity index (χ3v) is 2.83. The van der Waals surface area contributed by atoms with Gasteiger partial charge in [0.05, 0.1) is 13.2 Å². The van der Waals surface area contributed by atoms with Crippen molar-refractivity contribution in [3.05, 3.63) is 0 Å². The fraction of sp³-hybridized carbons (Fsp3) is 0.867. The maximum Gasteiger partial charge on any atom is 0.305 e. The van der Waals surface area contributed by atoms with Crippen LogP contribution >= 0.6 is 0 Å². The molecule has 0 aromatic heterocycles. The van der Waals surface area contributed by atoms with Crippen molar-refractivity contribution in [3.8, 4) is 0 Å². The monoisotopic (exact) mass is 272 g/mol. The summed E-state index contributed by atoms with van der Waals surface area (Å²) in [7, 11) is 0. The maximum atomic E-state index is 11.4. The Morgan fingerprint density at radius 3 is 2.00 bits per heavy atom. The van der Waals surface area contributed by atoms with Crippen molar-refractivity contribution in [2.75, 3.05) is 13.2 Å². The molecule has 0 aromatic carbocycles. The standard InChI is InChI=1S/C15H28O4/c1-3-5-6-7-8-9-11-15(17)19-13-10-12-14(16)18-4-2/h3-13H2,1-2H3. The molecule has 0 bridgehead atoms. The van der Waals surface area contributed by atoms with E-state index in [1.165, 1.54) is 25.7 Å². The van der Waals surface area contributed by atoms with E-state index in [1.807, 2.05) is 0 Å². The number of ether oxygens (including phenoxy) is 2. The number of hydrogen-bond donors (Lipinski definition) is 0. The lowest BCUT2D eigenvalue weighted by atomic mass is 10.1. The van der Waals surface area contributed by atoms with Crippen LogP contribution in [0.25, 0.3) is 0 Å². The minimum atomic E-state index is -0.227. The van der Waals surface area contributed by atoms with Gasteiger partial charge in [0.2, 0.25) is 0 Å². The smallest absolute Gasteiger partial charge is 0.305 e. The molecule has 0 spiro atoms. The molecule has 19 heavy (non-hydrogen) atoms. The van der Waals surface area contributed by atoms with Gasteiger partial charge in [0, 0.05) is 12.8 Å². The van der Waals surface area contributed by atoms with E-state index in [0.717, 1.165) is 12.8 Å². The number of carbonyl (C=O) groups is 2. The summed E-state index contributed by atoms with van der Waals surface area (Å²) in [6.07, 6.45) is 8.32. The van der Waals surface area contributed by atoms with E-state index < -0.39 is 0 Å². The highest BCUT2D eigenvalue weighted by Gasteiger charge is 2.05. The molecular weight excluding hydrogens is 244 g/mol. The lowest BCUT2D eigenvalue weighted by molar-refractivity contribution is -0.147. The van der Waals surface area contributed by atoms with E-state index in [9.17, 15) is 9.59 Å². The van der Waals surface area contributed by atoms with Crippen LogP contribution < -0.4 is 0 Å². The largest absolute Gasteiger partial charge is 0.466 e. The van der Waals surface area contributed by atoms with Crippen LogP contribution in [-0.2, 0) is 19.1 Å². The van der Waals surface area contributed by atoms with Gasteiger partial charge in [-0.05, 0) is 19.8 Å². The molecule has 4 nitrogen and oxygen atoms in total. The van der Waals surface area contributed by atoms with Gasteiger partial charge in [-0.3, -0.25) is 9.59 Å². The molecule has 0 saturated heterocycles. The van der Waals surface area contributed by atoms with E-state index in [2.05, 4.69) is 6.92 Å². The van der Waals surface area contributed by atoms with Crippen molar-refractivity contribution in [1.82, 2.24) is 0 Å². The fourth-order valence-corrected chi connectivity index (χ4v) is 1.76. The molecule has 4 heteroatoms. The van der Waals surface area contributed by atoms with Crippen molar-refractivity contribution in [3.63, 3.8) is 0 Å². The predicted molar refractivity (Wildman–Crippen MR) is 74.8 cm³/mol. The van der Waals surface area contributed by atoms with Gasteiger partial charge in [-0.2, -0.15) is 0 Å². The van der Waals surface area contributed by atoms with Crippen LogP contribution in [0.3, 0.4) is 0 Å². The second kappa shape index (κ2) is 13.4. The van der Waals surface area contributed by atoms with Crippen LogP contribution in [0.2, 0.25) is 0 Å². The molecule has 0 fully saturated rings. The molecule has 0 unspecified atom stereocenters. The van der Waals surface area contributed by atoms with Crippen LogP contribution in [-0.4, -0.2) is 25.2 Å². The lowest BCUT2D eigenvalue weighted by Gasteiger charge is -2.05. The number of carbonyl (C=O) groups excluding carboxylic acids is 2. The van der Waals surface area contributed by atoms with Gasteiger partial charge in [-0.25, -0.2) is 0 Å². The van der Waals surface area contributed by atoms with Crippen LogP contribution in [0.1, 0.15) is 71.6 Å². The Morgan fingerprint density at radius 2 is 1.32 bits per heavy atom. The average molecular weight is 272 g/mol. The van der Waals surface area contributed by atoms with Crippen LogP contribution in [0.15, 0.2) is 0 Å². The average Bonchev–Trinajstić information content (AvgIpc) is 2.39. The highest BCUT2D eigenvalue weighted by atomic mass is 16.5. The van der Waals surface area contributed by atoms with E-state index in [-0.39, 0.29) is 11.9 Å². The van der Waals surface area contributed by atoms with Crippen molar-refractivity contribution >= 4 is 11.9 Å². The molecule has 0 rings (SSSR count). The van der Waals surface area contributed by atoms with E-state index in [4.69, 9.17) is 9.47 Å². The van der Waals surface area contributed by atoms with Gasteiger partial charge in [0.1, 0.15) is 0 Å². The van der Waals surface area contributed by atoms with Crippen LogP contribution in [0.4, 0.5) is 0 Å². The second-order valence-electron chi connectivity index (χ2n) is 4.65. The van der Waals surface area contributed by atoms with Gasteiger partial charge in [-0.15, -0.1) is 0 Å². The highest BCUT2D eigenvalue weighted by Crippen LogP contribution is 2.07. The molecule has 0 amide bonds. The Labute approximate surface area is 116 Å². The molecule has 112 valence electrons.